The third kappa shape index (κ3) is 2.11. The van der Waals surface area contributed by atoms with Crippen molar-refractivity contribution in [2.45, 2.75) is 19.0 Å². The van der Waals surface area contributed by atoms with E-state index >= 15 is 0 Å². The van der Waals surface area contributed by atoms with Gasteiger partial charge in [-0.25, -0.2) is 0 Å². The van der Waals surface area contributed by atoms with Crippen LogP contribution in [0.4, 0.5) is 13.2 Å². The van der Waals surface area contributed by atoms with Crippen LogP contribution in [-0.4, -0.2) is 12.5 Å². The Kier molecular flexibility index (Phi) is 2.45. The van der Waals surface area contributed by atoms with E-state index in [2.05, 4.69) is 0 Å². The topological polar surface area (TPSA) is 43.1 Å². The third-order valence-corrected chi connectivity index (χ3v) is 1.87. The van der Waals surface area contributed by atoms with Gasteiger partial charge in [-0.2, -0.15) is 13.2 Å². The number of hydrogen-bond donors (Lipinski definition) is 1. The van der Waals surface area contributed by atoms with Crippen LogP contribution in [0, 0.1) is 0 Å². The van der Waals surface area contributed by atoms with E-state index in [1.54, 1.807) is 0 Å². The van der Waals surface area contributed by atoms with Gasteiger partial charge < -0.3 is 5.73 Å². The average Bonchev–Trinajstić information content (AvgIpc) is 2.02. The summed E-state index contributed by atoms with van der Waals surface area (Å²) in [5.74, 6) is 0. The third-order valence-electron chi connectivity index (χ3n) is 1.87. The highest BCUT2D eigenvalue weighted by Crippen LogP contribution is 2.33. The number of nitrogens with two attached hydrogens (primary N) is 1. The summed E-state index contributed by atoms with van der Waals surface area (Å²) >= 11 is 0. The predicted molar refractivity (Wildman–Crippen MR) is 40.6 cm³/mol. The fraction of sp³-hybridized carbons (Fsp3) is 0.375. The first-order valence-electron chi connectivity index (χ1n) is 3.66. The Morgan fingerprint density at radius 3 is 2.38 bits per heavy atom. The molecular weight excluding hydrogens is 183 g/mol. The van der Waals surface area contributed by atoms with Crippen LogP contribution >= 0.6 is 0 Å². The van der Waals surface area contributed by atoms with Crippen molar-refractivity contribution in [3.8, 4) is 0 Å². The van der Waals surface area contributed by atoms with E-state index in [4.69, 9.17) is 5.73 Å². The van der Waals surface area contributed by atoms with Crippen LogP contribution < -0.4 is 5.73 Å². The first-order chi connectivity index (χ1) is 5.95. The summed E-state index contributed by atoms with van der Waals surface area (Å²) in [6.07, 6.45) is -3.11. The average molecular weight is 191 g/mol. The lowest BCUT2D eigenvalue weighted by molar-refractivity contribution is -0.105. The quantitative estimate of drug-likeness (QED) is 0.641. The van der Waals surface area contributed by atoms with E-state index in [-0.39, 0.29) is 24.1 Å². The maximum atomic E-state index is 12.1. The van der Waals surface area contributed by atoms with Crippen LogP contribution in [0.2, 0.25) is 0 Å². The molecule has 0 bridgehead atoms. The second kappa shape index (κ2) is 3.24. The van der Waals surface area contributed by atoms with Crippen LogP contribution in [-0.2, 0) is 4.79 Å². The molecular formula is C8H8F3NO. The molecule has 0 aromatic carbocycles. The molecule has 0 aromatic rings. The van der Waals surface area contributed by atoms with E-state index in [1.807, 2.05) is 0 Å². The molecule has 0 radical (unpaired) electrons. The molecule has 0 atom stereocenters. The highest BCUT2D eigenvalue weighted by atomic mass is 19.4. The van der Waals surface area contributed by atoms with Gasteiger partial charge in [0.1, 0.15) is 6.29 Å². The fourth-order valence-corrected chi connectivity index (χ4v) is 1.12. The highest BCUT2D eigenvalue weighted by Gasteiger charge is 2.34. The van der Waals surface area contributed by atoms with Crippen molar-refractivity contribution >= 4 is 6.29 Å². The summed E-state index contributed by atoms with van der Waals surface area (Å²) in [5.41, 5.74) is 4.75. The van der Waals surface area contributed by atoms with Gasteiger partial charge in [-0.1, -0.05) is 0 Å². The summed E-state index contributed by atoms with van der Waals surface area (Å²) in [4.78, 5) is 10.3. The Morgan fingerprint density at radius 1 is 1.38 bits per heavy atom. The summed E-state index contributed by atoms with van der Waals surface area (Å²) in [6.45, 7) is 0. The van der Waals surface area contributed by atoms with Gasteiger partial charge in [-0.05, 0) is 18.9 Å². The Morgan fingerprint density at radius 2 is 2.00 bits per heavy atom. The molecule has 0 aliphatic heterocycles. The summed E-state index contributed by atoms with van der Waals surface area (Å²) in [6, 6.07) is 0. The van der Waals surface area contributed by atoms with Crippen molar-refractivity contribution in [1.29, 1.82) is 0 Å². The SMILES string of the molecule is NC1=C(C=O)CCC(C(F)(F)F)=C1. The van der Waals surface area contributed by atoms with Crippen molar-refractivity contribution in [3.05, 3.63) is 22.9 Å². The smallest absolute Gasteiger partial charge is 0.398 e. The number of allylic oxidation sites excluding steroid dienone is 3. The van der Waals surface area contributed by atoms with Gasteiger partial charge in [0.25, 0.3) is 0 Å². The molecule has 5 heteroatoms. The van der Waals surface area contributed by atoms with Gasteiger partial charge in [0.2, 0.25) is 0 Å². The maximum absolute atomic E-state index is 12.1. The molecule has 0 amide bonds. The minimum Gasteiger partial charge on any atom is -0.398 e. The number of carbonyl (C=O) groups excluding carboxylic acids is 1. The van der Waals surface area contributed by atoms with Gasteiger partial charge in [-0.15, -0.1) is 0 Å². The molecule has 1 aliphatic carbocycles. The number of alkyl halides is 3. The number of halogens is 3. The standard InChI is InChI=1S/C8H8F3NO/c9-8(10,11)6-2-1-5(4-13)7(12)3-6/h3-4H,1-2,12H2. The summed E-state index contributed by atoms with van der Waals surface area (Å²) in [7, 11) is 0. The van der Waals surface area contributed by atoms with Crippen LogP contribution in [0.15, 0.2) is 22.9 Å². The van der Waals surface area contributed by atoms with Crippen molar-refractivity contribution in [2.24, 2.45) is 5.73 Å². The van der Waals surface area contributed by atoms with Gasteiger partial charge in [0, 0.05) is 16.8 Å². The first kappa shape index (κ1) is 9.83. The number of aldehydes is 1. The Labute approximate surface area is 72.9 Å². The predicted octanol–water partition coefficient (Wildman–Crippen LogP) is 1.68. The zero-order valence-electron chi connectivity index (χ0n) is 6.69. The molecule has 1 rings (SSSR count). The van der Waals surface area contributed by atoms with Crippen molar-refractivity contribution in [3.63, 3.8) is 0 Å². The van der Waals surface area contributed by atoms with Gasteiger partial charge in [-0.3, -0.25) is 4.79 Å². The maximum Gasteiger partial charge on any atom is 0.412 e. The van der Waals surface area contributed by atoms with Gasteiger partial charge in [0.05, 0.1) is 0 Å². The fourth-order valence-electron chi connectivity index (χ4n) is 1.12. The van der Waals surface area contributed by atoms with E-state index in [0.29, 0.717) is 6.29 Å². The van der Waals surface area contributed by atoms with E-state index < -0.39 is 11.7 Å². The molecule has 0 saturated heterocycles. The minimum atomic E-state index is -4.33. The van der Waals surface area contributed by atoms with Gasteiger partial charge in [0.15, 0.2) is 0 Å². The minimum absolute atomic E-state index is 0.0701. The molecule has 0 unspecified atom stereocenters. The zero-order chi connectivity index (χ0) is 10.1. The number of carbonyl (C=O) groups is 1. The van der Waals surface area contributed by atoms with E-state index in [1.165, 1.54) is 0 Å². The van der Waals surface area contributed by atoms with E-state index in [9.17, 15) is 18.0 Å². The molecule has 13 heavy (non-hydrogen) atoms. The molecule has 0 fully saturated rings. The highest BCUT2D eigenvalue weighted by molar-refractivity contribution is 5.76. The molecule has 2 N–H and O–H groups in total. The Hall–Kier alpha value is -1.26. The molecule has 1 aliphatic rings. The Balaban J connectivity index is 2.97. The molecule has 0 spiro atoms. The largest absolute Gasteiger partial charge is 0.412 e. The lowest BCUT2D eigenvalue weighted by atomic mass is 9.97. The molecule has 0 aromatic heterocycles. The van der Waals surface area contributed by atoms with Crippen molar-refractivity contribution in [1.82, 2.24) is 0 Å². The lowest BCUT2D eigenvalue weighted by Crippen LogP contribution is -2.17. The summed E-state index contributed by atoms with van der Waals surface area (Å²) < 4.78 is 36.3. The number of rotatable bonds is 1. The molecule has 2 nitrogen and oxygen atoms in total. The monoisotopic (exact) mass is 191 g/mol. The Bertz CT molecular complexity index is 288. The molecule has 72 valence electrons. The summed E-state index contributed by atoms with van der Waals surface area (Å²) in [5, 5.41) is 0. The van der Waals surface area contributed by atoms with Crippen LogP contribution in [0.25, 0.3) is 0 Å². The number of hydrogen-bond acceptors (Lipinski definition) is 2. The normalized spacial score (nSPS) is 18.5. The van der Waals surface area contributed by atoms with Crippen LogP contribution in [0.3, 0.4) is 0 Å². The first-order valence-corrected chi connectivity index (χ1v) is 3.66. The second-order valence-corrected chi connectivity index (χ2v) is 2.77. The van der Waals surface area contributed by atoms with Gasteiger partial charge >= 0.3 is 6.18 Å². The van der Waals surface area contributed by atoms with Crippen LogP contribution in [0.1, 0.15) is 12.8 Å². The van der Waals surface area contributed by atoms with Crippen molar-refractivity contribution in [2.75, 3.05) is 0 Å². The lowest BCUT2D eigenvalue weighted by Gasteiger charge is -2.16. The van der Waals surface area contributed by atoms with E-state index in [0.717, 1.165) is 6.08 Å². The molecule has 0 saturated carbocycles. The zero-order valence-corrected chi connectivity index (χ0v) is 6.69. The second-order valence-electron chi connectivity index (χ2n) is 2.77. The van der Waals surface area contributed by atoms with Crippen molar-refractivity contribution < 1.29 is 18.0 Å². The van der Waals surface area contributed by atoms with Crippen LogP contribution in [0.5, 0.6) is 0 Å². The molecule has 0 heterocycles.